The lowest BCUT2D eigenvalue weighted by molar-refractivity contribution is -0.121. The van der Waals surface area contributed by atoms with Crippen LogP contribution in [0.15, 0.2) is 23.3 Å². The maximum atomic E-state index is 11.9. The molecular formula is C18H26Cl2N2O. The lowest BCUT2D eigenvalue weighted by Crippen LogP contribution is -2.19. The summed E-state index contributed by atoms with van der Waals surface area (Å²) in [5, 5.41) is 5.35. The third-order valence-electron chi connectivity index (χ3n) is 3.65. The molecule has 0 heterocycles. The van der Waals surface area contributed by atoms with Gasteiger partial charge in [-0.3, -0.25) is 4.79 Å². The van der Waals surface area contributed by atoms with Gasteiger partial charge in [0.25, 0.3) is 0 Å². The summed E-state index contributed by atoms with van der Waals surface area (Å²) >= 11 is 12.1. The van der Waals surface area contributed by atoms with Crippen molar-refractivity contribution < 1.29 is 4.79 Å². The van der Waals surface area contributed by atoms with Crippen molar-refractivity contribution in [1.29, 1.82) is 0 Å². The summed E-state index contributed by atoms with van der Waals surface area (Å²) in [5.41, 5.74) is 4.19. The molecule has 1 amide bonds. The van der Waals surface area contributed by atoms with Crippen molar-refractivity contribution in [2.45, 2.75) is 65.2 Å². The van der Waals surface area contributed by atoms with Gasteiger partial charge in [-0.1, -0.05) is 75.2 Å². The second kappa shape index (κ2) is 11.5. The summed E-state index contributed by atoms with van der Waals surface area (Å²) in [4.78, 5) is 11.9. The molecule has 23 heavy (non-hydrogen) atoms. The van der Waals surface area contributed by atoms with Crippen LogP contribution in [0.3, 0.4) is 0 Å². The zero-order valence-electron chi connectivity index (χ0n) is 14.0. The van der Waals surface area contributed by atoms with Crippen LogP contribution < -0.4 is 5.43 Å². The Hall–Kier alpha value is -1.06. The van der Waals surface area contributed by atoms with Crippen LogP contribution in [0.5, 0.6) is 0 Å². The highest BCUT2D eigenvalue weighted by Gasteiger charge is 2.08. The van der Waals surface area contributed by atoms with Crippen molar-refractivity contribution >= 4 is 34.8 Å². The Morgan fingerprint density at radius 1 is 1.09 bits per heavy atom. The Morgan fingerprint density at radius 3 is 2.43 bits per heavy atom. The molecule has 0 aromatic heterocycles. The van der Waals surface area contributed by atoms with Gasteiger partial charge in [0.05, 0.1) is 10.7 Å². The van der Waals surface area contributed by atoms with E-state index in [0.29, 0.717) is 22.9 Å². The molecule has 1 rings (SSSR count). The van der Waals surface area contributed by atoms with Gasteiger partial charge in [0.1, 0.15) is 0 Å². The molecule has 1 N–H and O–H groups in total. The zero-order chi connectivity index (χ0) is 17.1. The van der Waals surface area contributed by atoms with Gasteiger partial charge in [-0.15, -0.1) is 0 Å². The zero-order valence-corrected chi connectivity index (χ0v) is 15.5. The van der Waals surface area contributed by atoms with E-state index in [-0.39, 0.29) is 5.91 Å². The Balaban J connectivity index is 2.45. The minimum atomic E-state index is -0.0449. The van der Waals surface area contributed by atoms with Crippen LogP contribution in [0.25, 0.3) is 0 Å². The molecule has 0 saturated heterocycles. The Labute approximate surface area is 149 Å². The Bertz CT molecular complexity index is 530. The van der Waals surface area contributed by atoms with Gasteiger partial charge in [0.15, 0.2) is 0 Å². The number of amides is 1. The lowest BCUT2D eigenvalue weighted by Gasteiger charge is -2.08. The average Bonchev–Trinajstić information content (AvgIpc) is 2.53. The number of hydrogen-bond acceptors (Lipinski definition) is 2. The van der Waals surface area contributed by atoms with Crippen LogP contribution in [-0.2, 0) is 4.79 Å². The van der Waals surface area contributed by atoms with E-state index >= 15 is 0 Å². The van der Waals surface area contributed by atoms with Gasteiger partial charge < -0.3 is 0 Å². The summed E-state index contributed by atoms with van der Waals surface area (Å²) in [6.45, 7) is 4.17. The molecule has 3 nitrogen and oxygen atoms in total. The Morgan fingerprint density at radius 2 is 1.78 bits per heavy atom. The highest BCUT2D eigenvalue weighted by molar-refractivity contribution is 6.37. The molecule has 5 heteroatoms. The van der Waals surface area contributed by atoms with E-state index in [2.05, 4.69) is 17.5 Å². The predicted octanol–water partition coefficient (Wildman–Crippen LogP) is 5.97. The number of rotatable bonds is 10. The number of unbranched alkanes of at least 4 members (excludes halogenated alkanes) is 5. The second-order valence-corrected chi connectivity index (χ2v) is 6.43. The fourth-order valence-corrected chi connectivity index (χ4v) is 2.82. The van der Waals surface area contributed by atoms with Gasteiger partial charge in [-0.05, 0) is 25.0 Å². The second-order valence-electron chi connectivity index (χ2n) is 5.59. The van der Waals surface area contributed by atoms with Crippen LogP contribution in [0, 0.1) is 0 Å². The predicted molar refractivity (Wildman–Crippen MR) is 99.4 cm³/mol. The van der Waals surface area contributed by atoms with Crippen molar-refractivity contribution in [3.63, 3.8) is 0 Å². The molecule has 0 bridgehead atoms. The quantitative estimate of drug-likeness (QED) is 0.313. The van der Waals surface area contributed by atoms with E-state index < -0.39 is 0 Å². The van der Waals surface area contributed by atoms with Crippen LogP contribution in [-0.4, -0.2) is 11.6 Å². The normalized spacial score (nSPS) is 11.6. The van der Waals surface area contributed by atoms with Gasteiger partial charge in [-0.2, -0.15) is 5.10 Å². The number of nitrogens with one attached hydrogen (secondary N) is 1. The molecule has 0 aliphatic carbocycles. The van der Waals surface area contributed by atoms with Crippen molar-refractivity contribution in [3.05, 3.63) is 33.8 Å². The molecule has 0 radical (unpaired) electrons. The summed E-state index contributed by atoms with van der Waals surface area (Å²) < 4.78 is 0. The SMILES string of the molecule is CCCCCCCCC(=O)N/N=C(\CC)c1ccc(Cl)cc1Cl. The molecule has 0 unspecified atom stereocenters. The fraction of sp³-hybridized carbons (Fsp3) is 0.556. The molecule has 0 atom stereocenters. The van der Waals surface area contributed by atoms with E-state index in [1.807, 2.05) is 13.0 Å². The number of carbonyl (C=O) groups excluding carboxylic acids is 1. The van der Waals surface area contributed by atoms with Crippen LogP contribution in [0.1, 0.15) is 70.8 Å². The van der Waals surface area contributed by atoms with E-state index in [4.69, 9.17) is 23.2 Å². The van der Waals surface area contributed by atoms with Gasteiger partial charge >= 0.3 is 0 Å². The van der Waals surface area contributed by atoms with Crippen molar-refractivity contribution in [1.82, 2.24) is 5.43 Å². The van der Waals surface area contributed by atoms with Crippen molar-refractivity contribution in [2.75, 3.05) is 0 Å². The maximum absolute atomic E-state index is 11.9. The highest BCUT2D eigenvalue weighted by atomic mass is 35.5. The summed E-state index contributed by atoms with van der Waals surface area (Å²) in [5.74, 6) is -0.0449. The van der Waals surface area contributed by atoms with Gasteiger partial charge in [-0.25, -0.2) is 5.43 Å². The molecule has 0 fully saturated rings. The minimum absolute atomic E-state index is 0.0449. The van der Waals surface area contributed by atoms with Crippen LogP contribution in [0.2, 0.25) is 10.0 Å². The third kappa shape index (κ3) is 7.85. The summed E-state index contributed by atoms with van der Waals surface area (Å²) in [7, 11) is 0. The van der Waals surface area contributed by atoms with Crippen molar-refractivity contribution in [3.8, 4) is 0 Å². The number of hydrazone groups is 1. The first kappa shape index (κ1) is 20.0. The highest BCUT2D eigenvalue weighted by Crippen LogP contribution is 2.22. The summed E-state index contributed by atoms with van der Waals surface area (Å²) in [6, 6.07) is 5.28. The molecule has 0 spiro atoms. The monoisotopic (exact) mass is 356 g/mol. The number of halogens is 2. The molecule has 128 valence electrons. The van der Waals surface area contributed by atoms with E-state index in [1.54, 1.807) is 12.1 Å². The fourth-order valence-electron chi connectivity index (χ4n) is 2.30. The van der Waals surface area contributed by atoms with E-state index in [1.165, 1.54) is 25.7 Å². The molecule has 1 aromatic carbocycles. The smallest absolute Gasteiger partial charge is 0.240 e. The average molecular weight is 357 g/mol. The molecule has 0 aliphatic rings. The lowest BCUT2D eigenvalue weighted by atomic mass is 10.1. The molecule has 0 saturated carbocycles. The maximum Gasteiger partial charge on any atom is 0.240 e. The van der Waals surface area contributed by atoms with E-state index in [9.17, 15) is 4.79 Å². The minimum Gasteiger partial charge on any atom is -0.273 e. The van der Waals surface area contributed by atoms with Crippen LogP contribution >= 0.6 is 23.2 Å². The number of benzene rings is 1. The first-order chi connectivity index (χ1) is 11.1. The largest absolute Gasteiger partial charge is 0.273 e. The van der Waals surface area contributed by atoms with Gasteiger partial charge in [0.2, 0.25) is 5.91 Å². The van der Waals surface area contributed by atoms with E-state index in [0.717, 1.165) is 24.1 Å². The molecular weight excluding hydrogens is 331 g/mol. The van der Waals surface area contributed by atoms with Crippen molar-refractivity contribution in [2.24, 2.45) is 5.10 Å². The summed E-state index contributed by atoms with van der Waals surface area (Å²) in [6.07, 6.45) is 8.17. The number of carbonyl (C=O) groups is 1. The Kier molecular flexibility index (Phi) is 9.97. The standard InChI is InChI=1S/C18H26Cl2N2O/c1-3-5-6-7-8-9-10-18(23)22-21-17(4-2)15-12-11-14(19)13-16(15)20/h11-13H,3-10H2,1-2H3,(H,22,23)/b21-17+. The van der Waals surface area contributed by atoms with Gasteiger partial charge in [0, 0.05) is 17.0 Å². The first-order valence-corrected chi connectivity index (χ1v) is 9.14. The third-order valence-corrected chi connectivity index (χ3v) is 4.20. The number of hydrogen-bond donors (Lipinski definition) is 1. The topological polar surface area (TPSA) is 41.5 Å². The molecule has 1 aromatic rings. The molecule has 0 aliphatic heterocycles. The number of nitrogens with zero attached hydrogens (tertiary/aromatic N) is 1. The van der Waals surface area contributed by atoms with Crippen LogP contribution in [0.4, 0.5) is 0 Å². The first-order valence-electron chi connectivity index (χ1n) is 8.39.